The van der Waals surface area contributed by atoms with Gasteiger partial charge in [-0.3, -0.25) is 4.79 Å². The molecular formula is C21H22N2O2. The van der Waals surface area contributed by atoms with Gasteiger partial charge in [0.15, 0.2) is 0 Å². The van der Waals surface area contributed by atoms with E-state index in [-0.39, 0.29) is 5.91 Å². The minimum atomic E-state index is -0.00177. The molecule has 2 aromatic carbocycles. The Morgan fingerprint density at radius 2 is 1.72 bits per heavy atom. The molecule has 3 aromatic rings. The maximum absolute atomic E-state index is 12.9. The maximum Gasteiger partial charge on any atom is 0.255 e. The lowest BCUT2D eigenvalue weighted by molar-refractivity contribution is 0.0797. The Hall–Kier alpha value is -3.01. The second-order valence-corrected chi connectivity index (χ2v) is 5.95. The molecule has 0 fully saturated rings. The smallest absolute Gasteiger partial charge is 0.255 e. The van der Waals surface area contributed by atoms with Gasteiger partial charge in [0.2, 0.25) is 0 Å². The highest BCUT2D eigenvalue weighted by molar-refractivity contribution is 6.01. The van der Waals surface area contributed by atoms with Crippen molar-refractivity contribution in [2.24, 2.45) is 0 Å². The first-order valence-electron chi connectivity index (χ1n) is 8.30. The average Bonchev–Trinajstić information content (AvgIpc) is 3.15. The molecule has 0 saturated heterocycles. The fourth-order valence-electron chi connectivity index (χ4n) is 2.88. The minimum Gasteiger partial charge on any atom is -0.496 e. The molecule has 3 rings (SSSR count). The van der Waals surface area contributed by atoms with Crippen LogP contribution in [0.15, 0.2) is 67.0 Å². The summed E-state index contributed by atoms with van der Waals surface area (Å²) in [7, 11) is 3.48. The number of aromatic amines is 1. The zero-order valence-electron chi connectivity index (χ0n) is 14.5. The van der Waals surface area contributed by atoms with Crippen LogP contribution in [0.4, 0.5) is 0 Å². The van der Waals surface area contributed by atoms with Gasteiger partial charge >= 0.3 is 0 Å². The van der Waals surface area contributed by atoms with Crippen molar-refractivity contribution < 1.29 is 9.53 Å². The monoisotopic (exact) mass is 334 g/mol. The summed E-state index contributed by atoms with van der Waals surface area (Å²) in [5.41, 5.74) is 3.64. The van der Waals surface area contributed by atoms with Crippen LogP contribution in [0.2, 0.25) is 0 Å². The van der Waals surface area contributed by atoms with Crippen molar-refractivity contribution >= 4 is 5.91 Å². The molecule has 1 N–H and O–H groups in total. The highest BCUT2D eigenvalue weighted by atomic mass is 16.5. The van der Waals surface area contributed by atoms with Gasteiger partial charge in [-0.25, -0.2) is 0 Å². The molecule has 0 unspecified atom stereocenters. The lowest BCUT2D eigenvalue weighted by atomic mass is 10.0. The largest absolute Gasteiger partial charge is 0.496 e. The molecule has 0 atom stereocenters. The molecule has 1 aromatic heterocycles. The Morgan fingerprint density at radius 3 is 2.48 bits per heavy atom. The third-order valence-corrected chi connectivity index (χ3v) is 4.30. The number of carbonyl (C=O) groups excluding carboxylic acids is 1. The number of nitrogens with one attached hydrogen (secondary N) is 1. The van der Waals surface area contributed by atoms with E-state index in [1.54, 1.807) is 18.2 Å². The first-order chi connectivity index (χ1) is 12.2. The van der Waals surface area contributed by atoms with Crippen LogP contribution < -0.4 is 4.74 Å². The summed E-state index contributed by atoms with van der Waals surface area (Å²) >= 11 is 0. The topological polar surface area (TPSA) is 45.3 Å². The number of hydrogen-bond acceptors (Lipinski definition) is 2. The zero-order valence-corrected chi connectivity index (χ0v) is 14.5. The molecule has 0 bridgehead atoms. The maximum atomic E-state index is 12.9. The summed E-state index contributed by atoms with van der Waals surface area (Å²) in [5.74, 6) is 0.751. The number of nitrogens with zero attached hydrogens (tertiary/aromatic N) is 1. The van der Waals surface area contributed by atoms with E-state index in [1.807, 2.05) is 55.7 Å². The fraction of sp³-hybridized carbons (Fsp3) is 0.190. The van der Waals surface area contributed by atoms with Gasteiger partial charge in [0, 0.05) is 37.1 Å². The van der Waals surface area contributed by atoms with Crippen LogP contribution in [0.25, 0.3) is 11.1 Å². The molecule has 1 amide bonds. The number of carbonyl (C=O) groups is 1. The van der Waals surface area contributed by atoms with Crippen LogP contribution in [0, 0.1) is 0 Å². The van der Waals surface area contributed by atoms with E-state index in [0.29, 0.717) is 12.1 Å². The van der Waals surface area contributed by atoms with E-state index in [0.717, 1.165) is 23.3 Å². The minimum absolute atomic E-state index is 0.00177. The fourth-order valence-corrected chi connectivity index (χ4v) is 2.88. The molecule has 0 aliphatic rings. The molecule has 128 valence electrons. The lowest BCUT2D eigenvalue weighted by Crippen LogP contribution is -2.28. The molecule has 0 aliphatic carbocycles. The van der Waals surface area contributed by atoms with Gasteiger partial charge in [0.1, 0.15) is 5.75 Å². The summed E-state index contributed by atoms with van der Waals surface area (Å²) in [6.07, 6.45) is 4.43. The zero-order chi connectivity index (χ0) is 17.6. The molecule has 0 saturated carbocycles. The number of aromatic nitrogens is 1. The number of H-pyrrole nitrogens is 1. The Morgan fingerprint density at radius 1 is 1.00 bits per heavy atom. The predicted octanol–water partition coefficient (Wildman–Crippen LogP) is 4.01. The molecule has 1 heterocycles. The van der Waals surface area contributed by atoms with Crippen molar-refractivity contribution in [3.05, 3.63) is 78.1 Å². The first-order valence-corrected chi connectivity index (χ1v) is 8.30. The summed E-state index contributed by atoms with van der Waals surface area (Å²) in [4.78, 5) is 17.7. The Bertz CT molecular complexity index is 840. The Kier molecular flexibility index (Phi) is 5.19. The first kappa shape index (κ1) is 16.8. The number of likely N-dealkylation sites (N-methyl/N-ethyl adjacent to an activating group) is 1. The van der Waals surface area contributed by atoms with Gasteiger partial charge in [0.05, 0.1) is 12.7 Å². The molecule has 4 heteroatoms. The number of hydrogen-bond donors (Lipinski definition) is 1. The van der Waals surface area contributed by atoms with Crippen LogP contribution in [-0.4, -0.2) is 36.5 Å². The second kappa shape index (κ2) is 7.71. The van der Waals surface area contributed by atoms with E-state index < -0.39 is 0 Å². The van der Waals surface area contributed by atoms with Crippen molar-refractivity contribution in [3.8, 4) is 16.9 Å². The van der Waals surface area contributed by atoms with Gasteiger partial charge in [-0.2, -0.15) is 0 Å². The molecule has 0 aliphatic heterocycles. The number of amides is 1. The third-order valence-electron chi connectivity index (χ3n) is 4.30. The number of rotatable bonds is 6. The Labute approximate surface area is 148 Å². The van der Waals surface area contributed by atoms with Crippen LogP contribution in [0.5, 0.6) is 5.75 Å². The van der Waals surface area contributed by atoms with Gasteiger partial charge in [-0.15, -0.1) is 0 Å². The van der Waals surface area contributed by atoms with Crippen molar-refractivity contribution in [2.75, 3.05) is 20.7 Å². The molecular weight excluding hydrogens is 312 g/mol. The predicted molar refractivity (Wildman–Crippen MR) is 99.9 cm³/mol. The van der Waals surface area contributed by atoms with Crippen LogP contribution >= 0.6 is 0 Å². The van der Waals surface area contributed by atoms with E-state index in [1.165, 1.54) is 5.56 Å². The third kappa shape index (κ3) is 3.74. The van der Waals surface area contributed by atoms with Gasteiger partial charge < -0.3 is 14.6 Å². The van der Waals surface area contributed by atoms with Gasteiger partial charge in [0.25, 0.3) is 5.91 Å². The van der Waals surface area contributed by atoms with Crippen molar-refractivity contribution in [1.29, 1.82) is 0 Å². The number of methoxy groups -OCH3 is 1. The van der Waals surface area contributed by atoms with Crippen molar-refractivity contribution in [1.82, 2.24) is 9.88 Å². The Balaban J connectivity index is 1.78. The van der Waals surface area contributed by atoms with E-state index in [9.17, 15) is 4.79 Å². The van der Waals surface area contributed by atoms with Crippen LogP contribution in [0.3, 0.4) is 0 Å². The quantitative estimate of drug-likeness (QED) is 0.740. The highest BCUT2D eigenvalue weighted by Crippen LogP contribution is 2.32. The number of benzene rings is 2. The van der Waals surface area contributed by atoms with Gasteiger partial charge in [-0.1, -0.05) is 48.5 Å². The molecule has 0 spiro atoms. The summed E-state index contributed by atoms with van der Waals surface area (Å²) in [5, 5.41) is 0. The van der Waals surface area contributed by atoms with Crippen molar-refractivity contribution in [3.63, 3.8) is 0 Å². The van der Waals surface area contributed by atoms with E-state index >= 15 is 0 Å². The van der Waals surface area contributed by atoms with Crippen LogP contribution in [-0.2, 0) is 6.42 Å². The standard InChI is InChI=1S/C21H22N2O2/c1-23(13-12-16-8-4-3-5-9-16)21(24)19-15-22-14-18(19)17-10-6-7-11-20(17)25-2/h3-11,14-15,22H,12-13H2,1-2H3. The number of para-hydroxylation sites is 1. The van der Waals surface area contributed by atoms with E-state index in [4.69, 9.17) is 4.74 Å². The SMILES string of the molecule is COc1ccccc1-c1c[nH]cc1C(=O)N(C)CCc1ccccc1. The summed E-state index contributed by atoms with van der Waals surface area (Å²) in [6, 6.07) is 17.9. The average molecular weight is 334 g/mol. The molecule has 4 nitrogen and oxygen atoms in total. The van der Waals surface area contributed by atoms with Crippen LogP contribution in [0.1, 0.15) is 15.9 Å². The normalized spacial score (nSPS) is 10.5. The van der Waals surface area contributed by atoms with Gasteiger partial charge in [-0.05, 0) is 18.1 Å². The van der Waals surface area contributed by atoms with E-state index in [2.05, 4.69) is 17.1 Å². The second-order valence-electron chi connectivity index (χ2n) is 5.95. The molecule has 25 heavy (non-hydrogen) atoms. The lowest BCUT2D eigenvalue weighted by Gasteiger charge is -2.18. The summed E-state index contributed by atoms with van der Waals surface area (Å²) < 4.78 is 5.43. The number of ether oxygens (including phenoxy) is 1. The highest BCUT2D eigenvalue weighted by Gasteiger charge is 2.19. The van der Waals surface area contributed by atoms with Crippen molar-refractivity contribution in [2.45, 2.75) is 6.42 Å². The molecule has 0 radical (unpaired) electrons. The summed E-state index contributed by atoms with van der Waals surface area (Å²) in [6.45, 7) is 0.666.